The van der Waals surface area contributed by atoms with Gasteiger partial charge in [0.2, 0.25) is 0 Å². The molecule has 1 aromatic heterocycles. The zero-order valence-corrected chi connectivity index (χ0v) is 11.2. The number of rotatable bonds is 5. The van der Waals surface area contributed by atoms with Gasteiger partial charge in [0.25, 0.3) is 0 Å². The van der Waals surface area contributed by atoms with Crippen LogP contribution in [-0.4, -0.2) is 16.6 Å². The Morgan fingerprint density at radius 1 is 1.10 bits per heavy atom. The van der Waals surface area contributed by atoms with E-state index in [0.717, 1.165) is 28.0 Å². The van der Waals surface area contributed by atoms with Gasteiger partial charge in [-0.2, -0.15) is 0 Å². The van der Waals surface area contributed by atoms with Crippen LogP contribution in [0.2, 0.25) is 0 Å². The molecule has 20 heavy (non-hydrogen) atoms. The van der Waals surface area contributed by atoms with Crippen LogP contribution in [0, 0.1) is 0 Å². The molecule has 100 valence electrons. The number of nitrogens with one attached hydrogen (secondary N) is 1. The average Bonchev–Trinajstić information content (AvgIpc) is 2.92. The highest BCUT2D eigenvalue weighted by Crippen LogP contribution is 2.24. The summed E-state index contributed by atoms with van der Waals surface area (Å²) in [6, 6.07) is 16.2. The number of aromatic nitrogens is 2. The van der Waals surface area contributed by atoms with Crippen molar-refractivity contribution in [2.75, 3.05) is 6.61 Å². The Hall–Kier alpha value is -2.39. The van der Waals surface area contributed by atoms with E-state index in [4.69, 9.17) is 4.74 Å². The standard InChI is InChI=1S/C17H16N2O/c1-2-11-20-12-13-7-3-4-8-14(13)17-18-15-9-5-6-10-16(15)19-17/h2-10H,1,11-12H2,(H,18,19). The van der Waals surface area contributed by atoms with Gasteiger partial charge in [-0.25, -0.2) is 4.98 Å². The van der Waals surface area contributed by atoms with Crippen LogP contribution >= 0.6 is 0 Å². The van der Waals surface area contributed by atoms with E-state index in [9.17, 15) is 0 Å². The Kier molecular flexibility index (Phi) is 3.61. The monoisotopic (exact) mass is 264 g/mol. The van der Waals surface area contributed by atoms with Crippen molar-refractivity contribution in [2.24, 2.45) is 0 Å². The van der Waals surface area contributed by atoms with Gasteiger partial charge < -0.3 is 9.72 Å². The fraction of sp³-hybridized carbons (Fsp3) is 0.118. The maximum atomic E-state index is 5.55. The average molecular weight is 264 g/mol. The predicted molar refractivity (Wildman–Crippen MR) is 81.4 cm³/mol. The second-order valence-corrected chi connectivity index (χ2v) is 4.56. The minimum Gasteiger partial charge on any atom is -0.373 e. The van der Waals surface area contributed by atoms with Gasteiger partial charge in [-0.15, -0.1) is 6.58 Å². The Balaban J connectivity index is 1.98. The number of hydrogen-bond acceptors (Lipinski definition) is 2. The minimum absolute atomic E-state index is 0.550. The zero-order valence-electron chi connectivity index (χ0n) is 11.2. The van der Waals surface area contributed by atoms with E-state index in [1.165, 1.54) is 0 Å². The fourth-order valence-corrected chi connectivity index (χ4v) is 2.21. The molecule has 0 atom stereocenters. The topological polar surface area (TPSA) is 37.9 Å². The Bertz CT molecular complexity index is 697. The third kappa shape index (κ3) is 2.49. The number of H-pyrrole nitrogens is 1. The first-order chi connectivity index (χ1) is 9.88. The fourth-order valence-electron chi connectivity index (χ4n) is 2.21. The summed E-state index contributed by atoms with van der Waals surface area (Å²) in [5, 5.41) is 0. The van der Waals surface area contributed by atoms with Crippen LogP contribution in [0.4, 0.5) is 0 Å². The van der Waals surface area contributed by atoms with Gasteiger partial charge in [0, 0.05) is 5.56 Å². The van der Waals surface area contributed by atoms with Crippen molar-refractivity contribution in [2.45, 2.75) is 6.61 Å². The molecule has 0 amide bonds. The molecule has 0 aliphatic heterocycles. The van der Waals surface area contributed by atoms with Crippen molar-refractivity contribution in [3.63, 3.8) is 0 Å². The molecule has 3 rings (SSSR count). The summed E-state index contributed by atoms with van der Waals surface area (Å²) < 4.78 is 5.55. The normalized spacial score (nSPS) is 10.8. The first-order valence-corrected chi connectivity index (χ1v) is 6.60. The summed E-state index contributed by atoms with van der Waals surface area (Å²) in [5.41, 5.74) is 4.22. The van der Waals surface area contributed by atoms with E-state index in [2.05, 4.69) is 28.7 Å². The van der Waals surface area contributed by atoms with Gasteiger partial charge in [0.1, 0.15) is 5.82 Å². The van der Waals surface area contributed by atoms with Crippen LogP contribution in [0.1, 0.15) is 5.56 Å². The summed E-state index contributed by atoms with van der Waals surface area (Å²) in [7, 11) is 0. The molecule has 0 aliphatic carbocycles. The van der Waals surface area contributed by atoms with Gasteiger partial charge in [-0.1, -0.05) is 42.5 Å². The molecule has 0 spiro atoms. The van der Waals surface area contributed by atoms with E-state index in [1.807, 2.05) is 36.4 Å². The van der Waals surface area contributed by atoms with E-state index < -0.39 is 0 Å². The predicted octanol–water partition coefficient (Wildman–Crippen LogP) is 3.93. The van der Waals surface area contributed by atoms with E-state index in [-0.39, 0.29) is 0 Å². The lowest BCUT2D eigenvalue weighted by molar-refractivity contribution is 0.149. The van der Waals surface area contributed by atoms with Crippen molar-refractivity contribution < 1.29 is 4.74 Å². The molecule has 2 aromatic carbocycles. The number of benzene rings is 2. The lowest BCUT2D eigenvalue weighted by atomic mass is 10.1. The van der Waals surface area contributed by atoms with E-state index in [0.29, 0.717) is 13.2 Å². The number of fused-ring (bicyclic) bond motifs is 1. The third-order valence-electron chi connectivity index (χ3n) is 3.16. The second-order valence-electron chi connectivity index (χ2n) is 4.56. The Labute approximate surface area is 117 Å². The summed E-state index contributed by atoms with van der Waals surface area (Å²) in [6.45, 7) is 4.76. The van der Waals surface area contributed by atoms with Crippen LogP contribution in [0.5, 0.6) is 0 Å². The molecule has 0 saturated heterocycles. The third-order valence-corrected chi connectivity index (χ3v) is 3.16. The molecule has 0 unspecified atom stereocenters. The molecule has 0 fully saturated rings. The number of hydrogen-bond donors (Lipinski definition) is 1. The minimum atomic E-state index is 0.550. The van der Waals surface area contributed by atoms with E-state index >= 15 is 0 Å². The zero-order chi connectivity index (χ0) is 13.8. The van der Waals surface area contributed by atoms with Crippen LogP contribution in [0.15, 0.2) is 61.2 Å². The summed E-state index contributed by atoms with van der Waals surface area (Å²) in [5.74, 6) is 0.879. The number of ether oxygens (including phenoxy) is 1. The highest BCUT2D eigenvalue weighted by molar-refractivity contribution is 5.79. The first kappa shape index (κ1) is 12.6. The maximum absolute atomic E-state index is 5.55. The quantitative estimate of drug-likeness (QED) is 0.560. The van der Waals surface area contributed by atoms with Crippen molar-refractivity contribution in [3.8, 4) is 11.4 Å². The van der Waals surface area contributed by atoms with Gasteiger partial charge in [0.05, 0.1) is 24.2 Å². The summed E-state index contributed by atoms with van der Waals surface area (Å²) >= 11 is 0. The molecule has 0 aliphatic rings. The molecule has 3 aromatic rings. The van der Waals surface area contributed by atoms with Crippen molar-refractivity contribution >= 4 is 11.0 Å². The highest BCUT2D eigenvalue weighted by Gasteiger charge is 2.09. The summed E-state index contributed by atoms with van der Waals surface area (Å²) in [4.78, 5) is 8.00. The van der Waals surface area contributed by atoms with Gasteiger partial charge >= 0.3 is 0 Å². The number of imidazole rings is 1. The second kappa shape index (κ2) is 5.72. The molecule has 0 saturated carbocycles. The molecular weight excluding hydrogens is 248 g/mol. The molecule has 1 N–H and O–H groups in total. The molecule has 0 bridgehead atoms. The van der Waals surface area contributed by atoms with Gasteiger partial charge in [-0.3, -0.25) is 0 Å². The van der Waals surface area contributed by atoms with Crippen molar-refractivity contribution in [1.82, 2.24) is 9.97 Å². The smallest absolute Gasteiger partial charge is 0.138 e. The molecule has 1 heterocycles. The van der Waals surface area contributed by atoms with Crippen LogP contribution in [0.3, 0.4) is 0 Å². The van der Waals surface area contributed by atoms with E-state index in [1.54, 1.807) is 6.08 Å². The lowest BCUT2D eigenvalue weighted by Crippen LogP contribution is -1.96. The Morgan fingerprint density at radius 2 is 1.90 bits per heavy atom. The summed E-state index contributed by atoms with van der Waals surface area (Å²) in [6.07, 6.45) is 1.75. The number of aromatic amines is 1. The molecule has 3 heteroatoms. The maximum Gasteiger partial charge on any atom is 0.138 e. The SMILES string of the molecule is C=CCOCc1ccccc1-c1nc2ccccc2[nH]1. The molecule has 3 nitrogen and oxygen atoms in total. The van der Waals surface area contributed by atoms with Crippen molar-refractivity contribution in [1.29, 1.82) is 0 Å². The van der Waals surface area contributed by atoms with Crippen LogP contribution < -0.4 is 0 Å². The van der Waals surface area contributed by atoms with Gasteiger partial charge in [0.15, 0.2) is 0 Å². The Morgan fingerprint density at radius 3 is 2.75 bits per heavy atom. The molecular formula is C17H16N2O. The lowest BCUT2D eigenvalue weighted by Gasteiger charge is -2.07. The van der Waals surface area contributed by atoms with Crippen LogP contribution in [-0.2, 0) is 11.3 Å². The first-order valence-electron chi connectivity index (χ1n) is 6.60. The van der Waals surface area contributed by atoms with Gasteiger partial charge in [-0.05, 0) is 17.7 Å². The van der Waals surface area contributed by atoms with Crippen LogP contribution in [0.25, 0.3) is 22.4 Å². The number of nitrogens with zero attached hydrogens (tertiary/aromatic N) is 1. The van der Waals surface area contributed by atoms with Crippen molar-refractivity contribution in [3.05, 3.63) is 66.7 Å². The molecule has 0 radical (unpaired) electrons. The number of para-hydroxylation sites is 2. The largest absolute Gasteiger partial charge is 0.373 e. The highest BCUT2D eigenvalue weighted by atomic mass is 16.5.